The van der Waals surface area contributed by atoms with Crippen LogP contribution in [0.4, 0.5) is 10.5 Å². The standard InChI is InChI=1S/C22H30N2O8/c1-22(2,3)12-31-21(30)24-14(5-4-6-18(25)26)13-7-8-16-15(11-13)23-20(29)17(32-16)9-10-19(27)28/h7-8,11,14,17H,4-6,9-10,12H2,1-3H3,(H,23,29)(H,24,30)(H,25,26)(H,27,28)/t14?,17-/m0/s1. The Hall–Kier alpha value is -3.30. The Kier molecular flexibility index (Phi) is 8.45. The first-order valence-corrected chi connectivity index (χ1v) is 10.4. The zero-order valence-electron chi connectivity index (χ0n) is 18.5. The average Bonchev–Trinajstić information content (AvgIpc) is 2.68. The number of ether oxygens (including phenoxy) is 2. The third kappa shape index (κ3) is 8.09. The van der Waals surface area contributed by atoms with E-state index in [0.29, 0.717) is 29.8 Å². The number of hydrogen-bond acceptors (Lipinski definition) is 6. The van der Waals surface area contributed by atoms with Crippen molar-refractivity contribution in [3.8, 4) is 5.75 Å². The molecule has 0 aliphatic carbocycles. The van der Waals surface area contributed by atoms with Crippen LogP contribution in [0.15, 0.2) is 18.2 Å². The SMILES string of the molecule is CC(C)(C)COC(=O)NC(CCCC(=O)O)c1ccc2c(c1)NC(=O)[C@H](CCC(=O)O)O2. The number of aliphatic carboxylic acids is 2. The van der Waals surface area contributed by atoms with Crippen molar-refractivity contribution in [1.29, 1.82) is 0 Å². The van der Waals surface area contributed by atoms with E-state index in [1.807, 2.05) is 20.8 Å². The van der Waals surface area contributed by atoms with Gasteiger partial charge in [-0.25, -0.2) is 4.79 Å². The molecule has 1 aromatic carbocycles. The highest BCUT2D eigenvalue weighted by Gasteiger charge is 2.29. The van der Waals surface area contributed by atoms with Crippen molar-refractivity contribution in [1.82, 2.24) is 5.32 Å². The van der Waals surface area contributed by atoms with Crippen LogP contribution in [-0.4, -0.2) is 46.9 Å². The number of alkyl carbamates (subject to hydrolysis) is 1. The highest BCUT2D eigenvalue weighted by molar-refractivity contribution is 5.98. The zero-order valence-corrected chi connectivity index (χ0v) is 18.5. The van der Waals surface area contributed by atoms with E-state index in [1.54, 1.807) is 18.2 Å². The summed E-state index contributed by atoms with van der Waals surface area (Å²) in [4.78, 5) is 46.2. The highest BCUT2D eigenvalue weighted by atomic mass is 16.5. The van der Waals surface area contributed by atoms with Gasteiger partial charge in [0, 0.05) is 19.3 Å². The zero-order chi connectivity index (χ0) is 23.9. The second-order valence-electron chi connectivity index (χ2n) is 8.90. The smallest absolute Gasteiger partial charge is 0.407 e. The maximum Gasteiger partial charge on any atom is 0.407 e. The molecule has 0 bridgehead atoms. The van der Waals surface area contributed by atoms with Gasteiger partial charge in [0.25, 0.3) is 5.91 Å². The number of fused-ring (bicyclic) bond motifs is 1. The van der Waals surface area contributed by atoms with E-state index in [4.69, 9.17) is 19.7 Å². The second kappa shape index (κ2) is 10.8. The Morgan fingerprint density at radius 1 is 1.19 bits per heavy atom. The topological polar surface area (TPSA) is 151 Å². The van der Waals surface area contributed by atoms with Crippen LogP contribution in [0.3, 0.4) is 0 Å². The summed E-state index contributed by atoms with van der Waals surface area (Å²) in [6.45, 7) is 6.01. The van der Waals surface area contributed by atoms with Gasteiger partial charge in [-0.2, -0.15) is 0 Å². The van der Waals surface area contributed by atoms with E-state index >= 15 is 0 Å². The summed E-state index contributed by atoms with van der Waals surface area (Å²) in [5.41, 5.74) is 0.836. The lowest BCUT2D eigenvalue weighted by Gasteiger charge is -2.27. The molecule has 10 nitrogen and oxygen atoms in total. The number of rotatable bonds is 10. The monoisotopic (exact) mass is 450 g/mol. The largest absolute Gasteiger partial charge is 0.481 e. The summed E-state index contributed by atoms with van der Waals surface area (Å²) in [5.74, 6) is -2.01. The number of carboxylic acid groups (broad SMARTS) is 2. The molecule has 1 aliphatic rings. The van der Waals surface area contributed by atoms with Gasteiger partial charge in [0.05, 0.1) is 18.3 Å². The molecule has 0 aromatic heterocycles. The lowest BCUT2D eigenvalue weighted by Crippen LogP contribution is -2.37. The van der Waals surface area contributed by atoms with Gasteiger partial charge >= 0.3 is 18.0 Å². The first-order valence-electron chi connectivity index (χ1n) is 10.4. The van der Waals surface area contributed by atoms with Crippen molar-refractivity contribution < 1.29 is 38.9 Å². The molecule has 10 heteroatoms. The Bertz CT molecular complexity index is 862. The maximum atomic E-state index is 12.3. The number of nitrogens with one attached hydrogen (secondary N) is 2. The van der Waals surface area contributed by atoms with Crippen LogP contribution in [0.25, 0.3) is 0 Å². The van der Waals surface area contributed by atoms with Gasteiger partial charge in [-0.3, -0.25) is 14.4 Å². The van der Waals surface area contributed by atoms with E-state index < -0.39 is 36.1 Å². The third-order valence-electron chi connectivity index (χ3n) is 4.66. The first kappa shape index (κ1) is 25.0. The molecule has 1 unspecified atom stereocenters. The van der Waals surface area contributed by atoms with Crippen LogP contribution in [0, 0.1) is 5.41 Å². The normalized spacial score (nSPS) is 16.2. The van der Waals surface area contributed by atoms with Crippen molar-refractivity contribution in [2.75, 3.05) is 11.9 Å². The van der Waals surface area contributed by atoms with E-state index in [0.717, 1.165) is 0 Å². The van der Waals surface area contributed by atoms with Crippen LogP contribution in [0.2, 0.25) is 0 Å². The minimum absolute atomic E-state index is 0.0430. The van der Waals surface area contributed by atoms with Crippen LogP contribution >= 0.6 is 0 Å². The van der Waals surface area contributed by atoms with E-state index in [9.17, 15) is 19.2 Å². The molecule has 0 spiro atoms. The number of amides is 2. The summed E-state index contributed by atoms with van der Waals surface area (Å²) in [5, 5.41) is 23.2. The number of carbonyl (C=O) groups is 4. The average molecular weight is 450 g/mol. The lowest BCUT2D eigenvalue weighted by atomic mass is 9.98. The molecular weight excluding hydrogens is 420 g/mol. The summed E-state index contributed by atoms with van der Waals surface area (Å²) < 4.78 is 10.9. The molecule has 0 saturated carbocycles. The van der Waals surface area contributed by atoms with Gasteiger partial charge in [-0.05, 0) is 36.0 Å². The first-order chi connectivity index (χ1) is 14.9. The predicted molar refractivity (Wildman–Crippen MR) is 115 cm³/mol. The third-order valence-corrected chi connectivity index (χ3v) is 4.66. The molecular formula is C22H30N2O8. The van der Waals surface area contributed by atoms with E-state index in [1.165, 1.54) is 0 Å². The van der Waals surface area contributed by atoms with Gasteiger partial charge in [0.15, 0.2) is 6.10 Å². The van der Waals surface area contributed by atoms with Crippen molar-refractivity contribution in [3.05, 3.63) is 23.8 Å². The number of benzene rings is 1. The van der Waals surface area contributed by atoms with Gasteiger partial charge in [-0.15, -0.1) is 0 Å². The molecule has 0 fully saturated rings. The van der Waals surface area contributed by atoms with E-state index in [-0.39, 0.29) is 31.3 Å². The fourth-order valence-electron chi connectivity index (χ4n) is 3.07. The van der Waals surface area contributed by atoms with Crippen LogP contribution in [0.1, 0.15) is 64.5 Å². The Balaban J connectivity index is 2.14. The Morgan fingerprint density at radius 3 is 2.50 bits per heavy atom. The van der Waals surface area contributed by atoms with Crippen LogP contribution in [-0.2, 0) is 19.1 Å². The summed E-state index contributed by atoms with van der Waals surface area (Å²) in [6, 6.07) is 4.45. The fraction of sp³-hybridized carbons (Fsp3) is 0.545. The van der Waals surface area contributed by atoms with Crippen molar-refractivity contribution in [2.45, 2.75) is 65.0 Å². The molecule has 0 radical (unpaired) electrons. The van der Waals surface area contributed by atoms with Crippen molar-refractivity contribution in [3.63, 3.8) is 0 Å². The quantitative estimate of drug-likeness (QED) is 0.424. The molecule has 0 saturated heterocycles. The fourth-order valence-corrected chi connectivity index (χ4v) is 3.07. The summed E-state index contributed by atoms with van der Waals surface area (Å²) in [6.07, 6.45) is -1.04. The van der Waals surface area contributed by atoms with E-state index in [2.05, 4.69) is 10.6 Å². The van der Waals surface area contributed by atoms with Crippen molar-refractivity contribution >= 4 is 29.6 Å². The molecule has 176 valence electrons. The molecule has 1 heterocycles. The number of carbonyl (C=O) groups excluding carboxylic acids is 2. The maximum absolute atomic E-state index is 12.3. The van der Waals surface area contributed by atoms with Gasteiger partial charge in [-0.1, -0.05) is 26.8 Å². The van der Waals surface area contributed by atoms with Crippen LogP contribution in [0.5, 0.6) is 5.75 Å². The molecule has 32 heavy (non-hydrogen) atoms. The number of anilines is 1. The van der Waals surface area contributed by atoms with Gasteiger partial charge in [0.2, 0.25) is 0 Å². The number of carboxylic acids is 2. The highest BCUT2D eigenvalue weighted by Crippen LogP contribution is 2.34. The molecule has 2 rings (SSSR count). The molecule has 1 aliphatic heterocycles. The number of hydrogen-bond donors (Lipinski definition) is 4. The Labute approximate surface area is 186 Å². The summed E-state index contributed by atoms with van der Waals surface area (Å²) >= 11 is 0. The van der Waals surface area contributed by atoms with Gasteiger partial charge in [0.1, 0.15) is 5.75 Å². The van der Waals surface area contributed by atoms with Crippen LogP contribution < -0.4 is 15.4 Å². The lowest BCUT2D eigenvalue weighted by molar-refractivity contribution is -0.138. The second-order valence-corrected chi connectivity index (χ2v) is 8.90. The Morgan fingerprint density at radius 2 is 1.88 bits per heavy atom. The predicted octanol–water partition coefficient (Wildman–Crippen LogP) is 3.32. The van der Waals surface area contributed by atoms with Gasteiger partial charge < -0.3 is 30.3 Å². The minimum atomic E-state index is -1.02. The van der Waals surface area contributed by atoms with Crippen molar-refractivity contribution in [2.24, 2.45) is 5.41 Å². The molecule has 1 aromatic rings. The molecule has 2 atom stereocenters. The minimum Gasteiger partial charge on any atom is -0.481 e. The molecule has 4 N–H and O–H groups in total. The summed E-state index contributed by atoms with van der Waals surface area (Å²) in [7, 11) is 0. The molecule has 2 amide bonds.